The number of piperazine rings is 1. The normalized spacial score (nSPS) is 20.8. The number of benzene rings is 1. The highest BCUT2D eigenvalue weighted by atomic mass is 35.5. The van der Waals surface area contributed by atoms with Crippen molar-refractivity contribution in [1.82, 2.24) is 15.2 Å². The maximum atomic E-state index is 6.24. The predicted octanol–water partition coefficient (Wildman–Crippen LogP) is 2.68. The molecular weight excluding hydrogens is 258 g/mol. The molecule has 19 heavy (non-hydrogen) atoms. The SMILES string of the molecule is C[C@@H]1CNCCN1Cc1ccc(Cl)c2cccnc12. The Morgan fingerprint density at radius 2 is 2.32 bits per heavy atom. The van der Waals surface area contributed by atoms with Crippen LogP contribution in [-0.2, 0) is 6.54 Å². The van der Waals surface area contributed by atoms with Gasteiger partial charge in [0.05, 0.1) is 5.52 Å². The summed E-state index contributed by atoms with van der Waals surface area (Å²) in [5, 5.41) is 5.24. The predicted molar refractivity (Wildman–Crippen MR) is 79.5 cm³/mol. The Kier molecular flexibility index (Phi) is 3.69. The van der Waals surface area contributed by atoms with E-state index in [1.165, 1.54) is 5.56 Å². The zero-order chi connectivity index (χ0) is 13.2. The molecule has 0 saturated carbocycles. The standard InChI is InChI=1S/C15H18ClN3/c1-11-9-17-7-8-19(11)10-12-4-5-14(16)13-3-2-6-18-15(12)13/h2-6,11,17H,7-10H2,1H3/t11-/m1/s1. The molecule has 0 amide bonds. The molecule has 0 radical (unpaired) electrons. The van der Waals surface area contributed by atoms with Crippen LogP contribution >= 0.6 is 11.6 Å². The third-order valence-electron chi connectivity index (χ3n) is 3.81. The summed E-state index contributed by atoms with van der Waals surface area (Å²) in [5.41, 5.74) is 2.29. The first-order valence-corrected chi connectivity index (χ1v) is 7.10. The Morgan fingerprint density at radius 3 is 3.16 bits per heavy atom. The van der Waals surface area contributed by atoms with E-state index in [0.29, 0.717) is 6.04 Å². The number of rotatable bonds is 2. The quantitative estimate of drug-likeness (QED) is 0.913. The molecule has 0 aliphatic carbocycles. The highest BCUT2D eigenvalue weighted by molar-refractivity contribution is 6.35. The Labute approximate surface area is 118 Å². The number of halogens is 1. The maximum Gasteiger partial charge on any atom is 0.0761 e. The van der Waals surface area contributed by atoms with Crippen LogP contribution in [-0.4, -0.2) is 35.6 Å². The topological polar surface area (TPSA) is 28.2 Å². The summed E-state index contributed by atoms with van der Waals surface area (Å²) in [4.78, 5) is 7.00. The molecule has 1 aliphatic rings. The van der Waals surface area contributed by atoms with Crippen molar-refractivity contribution in [2.45, 2.75) is 19.5 Å². The Hall–Kier alpha value is -1.16. The molecule has 3 nitrogen and oxygen atoms in total. The summed E-state index contributed by atoms with van der Waals surface area (Å²) in [6.45, 7) is 6.39. The van der Waals surface area contributed by atoms with Crippen molar-refractivity contribution in [3.63, 3.8) is 0 Å². The molecule has 2 aromatic rings. The first-order valence-electron chi connectivity index (χ1n) is 6.72. The van der Waals surface area contributed by atoms with Gasteiger partial charge in [0, 0.05) is 48.8 Å². The second kappa shape index (κ2) is 5.45. The summed E-state index contributed by atoms with van der Waals surface area (Å²) < 4.78 is 0. The molecule has 4 heteroatoms. The van der Waals surface area contributed by atoms with Crippen molar-refractivity contribution in [2.75, 3.05) is 19.6 Å². The van der Waals surface area contributed by atoms with Gasteiger partial charge in [-0.3, -0.25) is 9.88 Å². The average molecular weight is 276 g/mol. The van der Waals surface area contributed by atoms with Crippen LogP contribution in [0.4, 0.5) is 0 Å². The van der Waals surface area contributed by atoms with Crippen LogP contribution in [0, 0.1) is 0 Å². The molecule has 1 fully saturated rings. The van der Waals surface area contributed by atoms with Crippen molar-refractivity contribution < 1.29 is 0 Å². The van der Waals surface area contributed by atoms with Gasteiger partial charge in [-0.1, -0.05) is 17.7 Å². The highest BCUT2D eigenvalue weighted by Crippen LogP contribution is 2.26. The minimum absolute atomic E-state index is 0.559. The van der Waals surface area contributed by atoms with Gasteiger partial charge in [-0.15, -0.1) is 0 Å². The van der Waals surface area contributed by atoms with Crippen LogP contribution in [0.15, 0.2) is 30.5 Å². The maximum absolute atomic E-state index is 6.24. The zero-order valence-corrected chi connectivity index (χ0v) is 11.8. The highest BCUT2D eigenvalue weighted by Gasteiger charge is 2.19. The Balaban J connectivity index is 1.94. The van der Waals surface area contributed by atoms with Gasteiger partial charge in [0.1, 0.15) is 0 Å². The first kappa shape index (κ1) is 12.9. The fourth-order valence-corrected chi connectivity index (χ4v) is 2.88. The minimum Gasteiger partial charge on any atom is -0.314 e. The van der Waals surface area contributed by atoms with Crippen LogP contribution in [0.25, 0.3) is 10.9 Å². The Bertz CT molecular complexity index is 585. The van der Waals surface area contributed by atoms with Crippen molar-refractivity contribution in [2.24, 2.45) is 0 Å². The van der Waals surface area contributed by atoms with Crippen LogP contribution in [0.5, 0.6) is 0 Å². The molecule has 1 N–H and O–H groups in total. The van der Waals surface area contributed by atoms with Gasteiger partial charge in [-0.2, -0.15) is 0 Å². The summed E-state index contributed by atoms with van der Waals surface area (Å²) in [5.74, 6) is 0. The number of hydrogen-bond acceptors (Lipinski definition) is 3. The second-order valence-electron chi connectivity index (χ2n) is 5.13. The van der Waals surface area contributed by atoms with E-state index in [1.807, 2.05) is 24.4 Å². The van der Waals surface area contributed by atoms with E-state index in [-0.39, 0.29) is 0 Å². The summed E-state index contributed by atoms with van der Waals surface area (Å²) in [7, 11) is 0. The van der Waals surface area contributed by atoms with Gasteiger partial charge >= 0.3 is 0 Å². The number of pyridine rings is 1. The Morgan fingerprint density at radius 1 is 1.42 bits per heavy atom. The molecule has 0 spiro atoms. The van der Waals surface area contributed by atoms with Gasteiger partial charge < -0.3 is 5.32 Å². The van der Waals surface area contributed by atoms with E-state index >= 15 is 0 Å². The average Bonchev–Trinajstić information content (AvgIpc) is 2.44. The van der Waals surface area contributed by atoms with Crippen LogP contribution in [0.1, 0.15) is 12.5 Å². The van der Waals surface area contributed by atoms with E-state index in [2.05, 4.69) is 28.2 Å². The summed E-state index contributed by atoms with van der Waals surface area (Å²) in [6.07, 6.45) is 1.84. The third-order valence-corrected chi connectivity index (χ3v) is 4.14. The van der Waals surface area contributed by atoms with Gasteiger partial charge in [0.15, 0.2) is 0 Å². The summed E-state index contributed by atoms with van der Waals surface area (Å²) >= 11 is 6.24. The molecule has 3 rings (SSSR count). The van der Waals surface area contributed by atoms with Crippen LogP contribution in [0.3, 0.4) is 0 Å². The third kappa shape index (κ3) is 2.59. The molecule has 100 valence electrons. The second-order valence-corrected chi connectivity index (χ2v) is 5.54. The van der Waals surface area contributed by atoms with E-state index in [4.69, 9.17) is 11.6 Å². The lowest BCUT2D eigenvalue weighted by Crippen LogP contribution is -2.49. The molecular formula is C15H18ClN3. The zero-order valence-electron chi connectivity index (χ0n) is 11.1. The number of fused-ring (bicyclic) bond motifs is 1. The lowest BCUT2D eigenvalue weighted by Gasteiger charge is -2.34. The molecule has 1 aliphatic heterocycles. The molecule has 0 bridgehead atoms. The number of nitrogens with one attached hydrogen (secondary N) is 1. The number of aromatic nitrogens is 1. The largest absolute Gasteiger partial charge is 0.314 e. The van der Waals surface area contributed by atoms with E-state index in [0.717, 1.165) is 42.1 Å². The van der Waals surface area contributed by atoms with Crippen molar-refractivity contribution in [3.8, 4) is 0 Å². The van der Waals surface area contributed by atoms with Crippen LogP contribution in [0.2, 0.25) is 5.02 Å². The molecule has 1 aromatic carbocycles. The van der Waals surface area contributed by atoms with E-state index < -0.39 is 0 Å². The lowest BCUT2D eigenvalue weighted by molar-refractivity contribution is 0.166. The number of nitrogens with zero attached hydrogens (tertiary/aromatic N) is 2. The molecule has 1 atom stereocenters. The fraction of sp³-hybridized carbons (Fsp3) is 0.400. The van der Waals surface area contributed by atoms with Gasteiger partial charge in [0.25, 0.3) is 0 Å². The van der Waals surface area contributed by atoms with E-state index in [9.17, 15) is 0 Å². The first-order chi connectivity index (χ1) is 9.25. The lowest BCUT2D eigenvalue weighted by atomic mass is 10.1. The molecule has 0 unspecified atom stereocenters. The summed E-state index contributed by atoms with van der Waals surface area (Å²) in [6, 6.07) is 8.62. The molecule has 1 saturated heterocycles. The smallest absolute Gasteiger partial charge is 0.0761 e. The van der Waals surface area contributed by atoms with Crippen LogP contribution < -0.4 is 5.32 Å². The van der Waals surface area contributed by atoms with Gasteiger partial charge in [0.2, 0.25) is 0 Å². The molecule has 1 aromatic heterocycles. The molecule has 2 heterocycles. The monoisotopic (exact) mass is 275 g/mol. The number of hydrogen-bond donors (Lipinski definition) is 1. The van der Waals surface area contributed by atoms with Gasteiger partial charge in [-0.25, -0.2) is 0 Å². The minimum atomic E-state index is 0.559. The van der Waals surface area contributed by atoms with E-state index in [1.54, 1.807) is 0 Å². The van der Waals surface area contributed by atoms with Gasteiger partial charge in [-0.05, 0) is 30.7 Å². The van der Waals surface area contributed by atoms with Crippen molar-refractivity contribution in [3.05, 3.63) is 41.0 Å². The fourth-order valence-electron chi connectivity index (χ4n) is 2.66. The van der Waals surface area contributed by atoms with Crippen molar-refractivity contribution >= 4 is 22.5 Å². The van der Waals surface area contributed by atoms with Crippen molar-refractivity contribution in [1.29, 1.82) is 0 Å².